The molecular formula is C42H43N3O5. The quantitative estimate of drug-likeness (QED) is 0.189. The lowest BCUT2D eigenvalue weighted by Gasteiger charge is -2.39. The Bertz CT molecular complexity index is 1930. The Labute approximate surface area is 293 Å². The Hall–Kier alpha value is -5.05. The number of carbonyl (C=O) groups excluding carboxylic acids is 3. The average Bonchev–Trinajstić information content (AvgIpc) is 3.72. The van der Waals surface area contributed by atoms with Gasteiger partial charge in [-0.1, -0.05) is 91.0 Å². The van der Waals surface area contributed by atoms with Gasteiger partial charge in [-0.25, -0.2) is 0 Å². The van der Waals surface area contributed by atoms with Gasteiger partial charge >= 0.3 is 0 Å². The third-order valence-corrected chi connectivity index (χ3v) is 10.9. The second-order valence-corrected chi connectivity index (χ2v) is 13.8. The first kappa shape index (κ1) is 33.4. The third-order valence-electron chi connectivity index (χ3n) is 10.9. The van der Waals surface area contributed by atoms with Crippen molar-refractivity contribution in [2.45, 2.75) is 49.5 Å². The second kappa shape index (κ2) is 13.3. The maximum Gasteiger partial charge on any atom is 0.253 e. The van der Waals surface area contributed by atoms with Gasteiger partial charge in [-0.2, -0.15) is 0 Å². The molecule has 3 saturated heterocycles. The highest BCUT2D eigenvalue weighted by Gasteiger charge is 2.79. The van der Waals surface area contributed by atoms with Crippen LogP contribution in [0.25, 0.3) is 10.8 Å². The van der Waals surface area contributed by atoms with Gasteiger partial charge in [0.25, 0.3) is 5.91 Å². The summed E-state index contributed by atoms with van der Waals surface area (Å²) in [7, 11) is 0. The number of anilines is 2. The number of amides is 3. The number of ether oxygens (including phenoxy) is 1. The van der Waals surface area contributed by atoms with Crippen molar-refractivity contribution in [3.05, 3.63) is 134 Å². The van der Waals surface area contributed by atoms with E-state index in [0.29, 0.717) is 30.6 Å². The van der Waals surface area contributed by atoms with Gasteiger partial charge in [-0.15, -0.1) is 13.2 Å². The van der Waals surface area contributed by atoms with E-state index in [4.69, 9.17) is 4.74 Å². The number of hydrogen-bond acceptors (Lipinski definition) is 5. The number of aliphatic hydroxyl groups excluding tert-OH is 1. The fourth-order valence-electron chi connectivity index (χ4n) is 8.72. The molecule has 3 fully saturated rings. The molecule has 1 spiro atoms. The minimum Gasteiger partial charge on any atom is -0.394 e. The molecule has 2 unspecified atom stereocenters. The predicted octanol–water partition coefficient (Wildman–Crippen LogP) is 5.95. The van der Waals surface area contributed by atoms with E-state index in [9.17, 15) is 9.90 Å². The number of hydrogen-bond donors (Lipinski definition) is 1. The summed E-state index contributed by atoms with van der Waals surface area (Å²) in [6.07, 6.45) is 4.60. The Morgan fingerprint density at radius 3 is 2.14 bits per heavy atom. The molecule has 1 N–H and O–H groups in total. The number of fused-ring (bicyclic) bond motifs is 2. The van der Waals surface area contributed by atoms with Crippen molar-refractivity contribution < 1.29 is 24.2 Å². The van der Waals surface area contributed by atoms with E-state index >= 15 is 9.59 Å². The maximum atomic E-state index is 15.3. The number of para-hydroxylation sites is 1. The van der Waals surface area contributed by atoms with Crippen molar-refractivity contribution in [2.75, 3.05) is 29.5 Å². The van der Waals surface area contributed by atoms with Crippen LogP contribution < -0.4 is 9.80 Å². The zero-order valence-corrected chi connectivity index (χ0v) is 28.4. The van der Waals surface area contributed by atoms with Crippen LogP contribution in [-0.4, -0.2) is 70.7 Å². The SMILES string of the molecule is C=CCN(C(=O)C1N([C@@H](CO)Cc2ccccc2)C(=O)[C@@H]2[C@H](C(=O)N(CC=C)c3ccccc3)[C@]3(C)CCC12O3)c1ccc2ccccc2c1. The minimum absolute atomic E-state index is 0.194. The first-order valence-corrected chi connectivity index (χ1v) is 17.3. The van der Waals surface area contributed by atoms with Gasteiger partial charge in [-0.3, -0.25) is 14.4 Å². The molecular weight excluding hydrogens is 626 g/mol. The molecule has 8 heteroatoms. The maximum absolute atomic E-state index is 15.3. The van der Waals surface area contributed by atoms with Gasteiger partial charge in [0.05, 0.1) is 30.1 Å². The van der Waals surface area contributed by atoms with E-state index in [0.717, 1.165) is 16.3 Å². The van der Waals surface area contributed by atoms with Crippen molar-refractivity contribution in [2.24, 2.45) is 11.8 Å². The van der Waals surface area contributed by atoms with E-state index in [-0.39, 0.29) is 37.4 Å². The summed E-state index contributed by atoms with van der Waals surface area (Å²) in [5.74, 6) is -2.69. The number of nitrogens with zero attached hydrogens (tertiary/aromatic N) is 3. The molecule has 3 amide bonds. The molecule has 4 aromatic carbocycles. The van der Waals surface area contributed by atoms with Gasteiger partial charge in [0, 0.05) is 24.5 Å². The Balaban J connectivity index is 1.35. The van der Waals surface area contributed by atoms with Crippen LogP contribution in [0.3, 0.4) is 0 Å². The van der Waals surface area contributed by atoms with Gasteiger partial charge in [0.1, 0.15) is 11.6 Å². The minimum atomic E-state index is -1.28. The highest BCUT2D eigenvalue weighted by molar-refractivity contribution is 6.07. The Kier molecular flexibility index (Phi) is 8.93. The van der Waals surface area contributed by atoms with Gasteiger partial charge < -0.3 is 24.5 Å². The van der Waals surface area contributed by atoms with Gasteiger partial charge in [0.15, 0.2) is 0 Å². The third kappa shape index (κ3) is 5.43. The van der Waals surface area contributed by atoms with Crippen LogP contribution in [0.1, 0.15) is 25.3 Å². The van der Waals surface area contributed by atoms with Gasteiger partial charge in [0.2, 0.25) is 11.8 Å². The van der Waals surface area contributed by atoms with Crippen molar-refractivity contribution in [3.63, 3.8) is 0 Å². The van der Waals surface area contributed by atoms with Gasteiger partial charge in [-0.05, 0) is 66.8 Å². The molecule has 3 heterocycles. The molecule has 50 heavy (non-hydrogen) atoms. The number of rotatable bonds is 12. The summed E-state index contributed by atoms with van der Waals surface area (Å²) in [5.41, 5.74) is 0.0238. The number of likely N-dealkylation sites (tertiary alicyclic amines) is 1. The van der Waals surface area contributed by atoms with Crippen molar-refractivity contribution in [1.82, 2.24) is 4.90 Å². The fraction of sp³-hybridized carbons (Fsp3) is 0.310. The van der Waals surface area contributed by atoms with Crippen LogP contribution in [0.5, 0.6) is 0 Å². The highest BCUT2D eigenvalue weighted by Crippen LogP contribution is 2.64. The number of carbonyl (C=O) groups is 3. The molecule has 2 bridgehead atoms. The first-order valence-electron chi connectivity index (χ1n) is 17.3. The largest absolute Gasteiger partial charge is 0.394 e. The molecule has 256 valence electrons. The monoisotopic (exact) mass is 669 g/mol. The van der Waals surface area contributed by atoms with Crippen LogP contribution in [0.2, 0.25) is 0 Å². The summed E-state index contributed by atoms with van der Waals surface area (Å²) in [6, 6.07) is 30.9. The Morgan fingerprint density at radius 1 is 0.860 bits per heavy atom. The first-order chi connectivity index (χ1) is 24.3. The van der Waals surface area contributed by atoms with Crippen LogP contribution in [-0.2, 0) is 25.5 Å². The summed E-state index contributed by atoms with van der Waals surface area (Å²) in [5, 5.41) is 13.0. The van der Waals surface area contributed by atoms with Crippen LogP contribution in [0, 0.1) is 11.8 Å². The molecule has 3 aliphatic rings. The number of benzene rings is 4. The van der Waals surface area contributed by atoms with E-state index in [1.807, 2.05) is 110 Å². The average molecular weight is 670 g/mol. The predicted molar refractivity (Wildman–Crippen MR) is 196 cm³/mol. The molecule has 0 aliphatic carbocycles. The van der Waals surface area contributed by atoms with Crippen molar-refractivity contribution in [1.29, 1.82) is 0 Å². The van der Waals surface area contributed by atoms with E-state index in [1.165, 1.54) is 0 Å². The van der Waals surface area contributed by atoms with Crippen molar-refractivity contribution >= 4 is 39.9 Å². The molecule has 0 saturated carbocycles. The number of aliphatic hydroxyl groups is 1. The molecule has 3 aliphatic heterocycles. The summed E-state index contributed by atoms with van der Waals surface area (Å²) < 4.78 is 6.99. The second-order valence-electron chi connectivity index (χ2n) is 13.8. The van der Waals surface area contributed by atoms with Crippen LogP contribution in [0.4, 0.5) is 11.4 Å². The molecule has 4 aromatic rings. The highest BCUT2D eigenvalue weighted by atomic mass is 16.5. The summed E-state index contributed by atoms with van der Waals surface area (Å²) in [6.45, 7) is 9.83. The molecule has 6 atom stereocenters. The zero-order chi connectivity index (χ0) is 35.0. The Morgan fingerprint density at radius 2 is 1.48 bits per heavy atom. The van der Waals surface area contributed by atoms with E-state index in [2.05, 4.69) is 13.2 Å². The lowest BCUT2D eigenvalue weighted by Crippen LogP contribution is -2.59. The summed E-state index contributed by atoms with van der Waals surface area (Å²) in [4.78, 5) is 50.0. The molecule has 0 aromatic heterocycles. The smallest absolute Gasteiger partial charge is 0.253 e. The lowest BCUT2D eigenvalue weighted by molar-refractivity contribution is -0.148. The molecule has 0 radical (unpaired) electrons. The topological polar surface area (TPSA) is 90.4 Å². The standard InChI is InChI=1S/C42H43N3O5/c1-4-24-43(32-18-10-7-11-19-32)38(47)35-36-39(48)45(34(28-46)26-29-14-8-6-9-15-29)37(42(36)23-22-41(35,3)50-42)40(49)44(25-5-2)33-21-20-30-16-12-13-17-31(30)27-33/h4-21,27,34-37,46H,1-2,22-26,28H2,3H3/t34-,35-,36+,37?,41+,42?/m1/s1. The summed E-state index contributed by atoms with van der Waals surface area (Å²) >= 11 is 0. The van der Waals surface area contributed by atoms with E-state index < -0.39 is 35.1 Å². The molecule has 8 nitrogen and oxygen atoms in total. The normalized spacial score (nSPS) is 25.7. The van der Waals surface area contributed by atoms with E-state index in [1.54, 1.807) is 26.9 Å². The lowest BCUT2D eigenvalue weighted by atomic mass is 9.66. The van der Waals surface area contributed by atoms with Crippen LogP contribution >= 0.6 is 0 Å². The fourth-order valence-corrected chi connectivity index (χ4v) is 8.72. The zero-order valence-electron chi connectivity index (χ0n) is 28.4. The van der Waals surface area contributed by atoms with Crippen LogP contribution in [0.15, 0.2) is 128 Å². The van der Waals surface area contributed by atoms with Crippen molar-refractivity contribution in [3.8, 4) is 0 Å². The molecule has 7 rings (SSSR count).